The summed E-state index contributed by atoms with van der Waals surface area (Å²) in [6.45, 7) is 0. The lowest BCUT2D eigenvalue weighted by Gasteiger charge is -2.32. The standard InChI is InChI=1S/C18H22N2S/c19-16(13-6-2-1-3-7-13)17-20-14-8-11-18(9-4-5-10-18)12-15(14)21-17/h1-3,6-7,16H,4-5,8-12,19H2. The van der Waals surface area contributed by atoms with Crippen LogP contribution in [-0.4, -0.2) is 4.98 Å². The summed E-state index contributed by atoms with van der Waals surface area (Å²) in [6.07, 6.45) is 9.43. The van der Waals surface area contributed by atoms with Gasteiger partial charge in [-0.25, -0.2) is 4.98 Å². The monoisotopic (exact) mass is 298 g/mol. The second-order valence-electron chi connectivity index (χ2n) is 6.69. The molecule has 1 saturated carbocycles. The summed E-state index contributed by atoms with van der Waals surface area (Å²) in [5, 5.41) is 1.10. The average Bonchev–Trinajstić information content (AvgIpc) is 3.14. The molecule has 4 rings (SSSR count). The summed E-state index contributed by atoms with van der Waals surface area (Å²) < 4.78 is 0. The second-order valence-corrected chi connectivity index (χ2v) is 7.81. The Morgan fingerprint density at radius 2 is 1.86 bits per heavy atom. The topological polar surface area (TPSA) is 38.9 Å². The first-order chi connectivity index (χ1) is 10.3. The zero-order valence-electron chi connectivity index (χ0n) is 12.3. The summed E-state index contributed by atoms with van der Waals surface area (Å²) in [6, 6.07) is 10.3. The van der Waals surface area contributed by atoms with Gasteiger partial charge in [0.15, 0.2) is 0 Å². The normalized spacial score (nSPS) is 21.4. The highest BCUT2D eigenvalue weighted by Crippen LogP contribution is 2.49. The van der Waals surface area contributed by atoms with Crippen LogP contribution in [-0.2, 0) is 12.8 Å². The smallest absolute Gasteiger partial charge is 0.114 e. The van der Waals surface area contributed by atoms with E-state index in [4.69, 9.17) is 10.7 Å². The summed E-state index contributed by atoms with van der Waals surface area (Å²) >= 11 is 1.86. The number of hydrogen-bond acceptors (Lipinski definition) is 3. The highest BCUT2D eigenvalue weighted by atomic mass is 32.1. The van der Waals surface area contributed by atoms with Crippen molar-refractivity contribution in [3.05, 3.63) is 51.5 Å². The van der Waals surface area contributed by atoms with E-state index in [0.717, 1.165) is 11.4 Å². The van der Waals surface area contributed by atoms with Crippen LogP contribution in [0, 0.1) is 5.41 Å². The number of fused-ring (bicyclic) bond motifs is 1. The van der Waals surface area contributed by atoms with Gasteiger partial charge in [0, 0.05) is 4.88 Å². The van der Waals surface area contributed by atoms with Crippen molar-refractivity contribution in [2.45, 2.75) is 51.0 Å². The summed E-state index contributed by atoms with van der Waals surface area (Å²) in [5.41, 5.74) is 9.52. The predicted octanol–water partition coefficient (Wildman–Crippen LogP) is 4.24. The second kappa shape index (κ2) is 5.22. The van der Waals surface area contributed by atoms with Crippen molar-refractivity contribution in [3.63, 3.8) is 0 Å². The number of rotatable bonds is 2. The van der Waals surface area contributed by atoms with Crippen LogP contribution in [0.15, 0.2) is 30.3 Å². The van der Waals surface area contributed by atoms with Gasteiger partial charge in [-0.1, -0.05) is 43.2 Å². The molecule has 110 valence electrons. The molecule has 0 saturated heterocycles. The molecule has 1 aromatic carbocycles. The van der Waals surface area contributed by atoms with Gasteiger partial charge in [-0.05, 0) is 43.1 Å². The lowest BCUT2D eigenvalue weighted by atomic mass is 9.74. The maximum atomic E-state index is 6.42. The van der Waals surface area contributed by atoms with Crippen molar-refractivity contribution in [3.8, 4) is 0 Å². The molecule has 1 unspecified atom stereocenters. The van der Waals surface area contributed by atoms with Gasteiger partial charge in [0.2, 0.25) is 0 Å². The minimum absolute atomic E-state index is 0.0682. The Labute approximate surface area is 130 Å². The van der Waals surface area contributed by atoms with Gasteiger partial charge in [-0.15, -0.1) is 11.3 Å². The molecule has 2 aliphatic rings. The van der Waals surface area contributed by atoms with Gasteiger partial charge in [-0.2, -0.15) is 0 Å². The van der Waals surface area contributed by atoms with Crippen LogP contribution in [0.2, 0.25) is 0 Å². The lowest BCUT2D eigenvalue weighted by molar-refractivity contribution is 0.256. The quantitative estimate of drug-likeness (QED) is 0.900. The Hall–Kier alpha value is -1.19. The number of thiazole rings is 1. The third-order valence-electron chi connectivity index (χ3n) is 5.31. The molecule has 21 heavy (non-hydrogen) atoms. The fourth-order valence-electron chi connectivity index (χ4n) is 4.04. The molecule has 2 aromatic rings. The molecule has 1 spiro atoms. The van der Waals surface area contributed by atoms with Crippen LogP contribution in [0.1, 0.15) is 59.3 Å². The third-order valence-corrected chi connectivity index (χ3v) is 6.49. The fourth-order valence-corrected chi connectivity index (χ4v) is 5.35. The third kappa shape index (κ3) is 2.43. The number of hydrogen-bond donors (Lipinski definition) is 1. The number of aromatic nitrogens is 1. The average molecular weight is 298 g/mol. The SMILES string of the molecule is NC(c1ccccc1)c1nc2c(s1)CC1(CCCC1)CC2. The van der Waals surface area contributed by atoms with E-state index in [1.54, 1.807) is 0 Å². The molecule has 1 aromatic heterocycles. The highest BCUT2D eigenvalue weighted by molar-refractivity contribution is 7.11. The summed E-state index contributed by atoms with van der Waals surface area (Å²) in [5.74, 6) is 0. The summed E-state index contributed by atoms with van der Waals surface area (Å²) in [7, 11) is 0. The van der Waals surface area contributed by atoms with Crippen LogP contribution >= 0.6 is 11.3 Å². The van der Waals surface area contributed by atoms with E-state index in [-0.39, 0.29) is 6.04 Å². The molecule has 0 aliphatic heterocycles. The van der Waals surface area contributed by atoms with E-state index >= 15 is 0 Å². The van der Waals surface area contributed by atoms with Crippen molar-refractivity contribution in [2.24, 2.45) is 11.1 Å². The molecular formula is C18H22N2S. The zero-order chi connectivity index (χ0) is 14.3. The molecular weight excluding hydrogens is 276 g/mol. The van der Waals surface area contributed by atoms with E-state index in [0.29, 0.717) is 5.41 Å². The molecule has 0 bridgehead atoms. The van der Waals surface area contributed by atoms with Crippen LogP contribution in [0.4, 0.5) is 0 Å². The van der Waals surface area contributed by atoms with Crippen molar-refractivity contribution in [1.29, 1.82) is 0 Å². The molecule has 1 heterocycles. The first kappa shape index (κ1) is 13.5. The van der Waals surface area contributed by atoms with E-state index in [2.05, 4.69) is 24.3 Å². The lowest BCUT2D eigenvalue weighted by Crippen LogP contribution is -2.24. The molecule has 2 nitrogen and oxygen atoms in total. The van der Waals surface area contributed by atoms with E-state index < -0.39 is 0 Å². The minimum atomic E-state index is -0.0682. The van der Waals surface area contributed by atoms with E-state index in [1.807, 2.05) is 17.4 Å². The minimum Gasteiger partial charge on any atom is -0.318 e. The number of benzene rings is 1. The molecule has 0 radical (unpaired) electrons. The molecule has 1 fully saturated rings. The number of aryl methyl sites for hydroxylation is 1. The van der Waals surface area contributed by atoms with E-state index in [9.17, 15) is 0 Å². The zero-order valence-corrected chi connectivity index (χ0v) is 13.2. The number of nitrogens with two attached hydrogens (primary N) is 1. The van der Waals surface area contributed by atoms with Gasteiger partial charge in [0.1, 0.15) is 5.01 Å². The molecule has 3 heteroatoms. The Bertz CT molecular complexity index is 626. The van der Waals surface area contributed by atoms with Crippen molar-refractivity contribution < 1.29 is 0 Å². The van der Waals surface area contributed by atoms with Crippen LogP contribution in [0.5, 0.6) is 0 Å². The van der Waals surface area contributed by atoms with Gasteiger partial charge in [-0.3, -0.25) is 0 Å². The molecule has 2 aliphatic carbocycles. The largest absolute Gasteiger partial charge is 0.318 e. The molecule has 0 amide bonds. The highest BCUT2D eigenvalue weighted by Gasteiger charge is 2.38. The van der Waals surface area contributed by atoms with Crippen LogP contribution in [0.3, 0.4) is 0 Å². The van der Waals surface area contributed by atoms with Crippen molar-refractivity contribution in [2.75, 3.05) is 0 Å². The predicted molar refractivity (Wildman–Crippen MR) is 87.5 cm³/mol. The van der Waals surface area contributed by atoms with Gasteiger partial charge >= 0.3 is 0 Å². The summed E-state index contributed by atoms with van der Waals surface area (Å²) in [4.78, 5) is 6.39. The first-order valence-corrected chi connectivity index (χ1v) is 8.86. The van der Waals surface area contributed by atoms with Crippen molar-refractivity contribution >= 4 is 11.3 Å². The first-order valence-electron chi connectivity index (χ1n) is 8.05. The Kier molecular flexibility index (Phi) is 3.35. The molecule has 1 atom stereocenters. The Balaban J connectivity index is 1.61. The maximum absolute atomic E-state index is 6.42. The van der Waals surface area contributed by atoms with Crippen molar-refractivity contribution in [1.82, 2.24) is 4.98 Å². The molecule has 2 N–H and O–H groups in total. The van der Waals surface area contributed by atoms with Gasteiger partial charge < -0.3 is 5.73 Å². The van der Waals surface area contributed by atoms with Gasteiger partial charge in [0.25, 0.3) is 0 Å². The van der Waals surface area contributed by atoms with Crippen LogP contribution in [0.25, 0.3) is 0 Å². The van der Waals surface area contributed by atoms with Crippen LogP contribution < -0.4 is 5.73 Å². The fraction of sp³-hybridized carbons (Fsp3) is 0.500. The number of nitrogens with zero attached hydrogens (tertiary/aromatic N) is 1. The Morgan fingerprint density at radius 1 is 1.10 bits per heavy atom. The van der Waals surface area contributed by atoms with Gasteiger partial charge in [0.05, 0.1) is 11.7 Å². The Morgan fingerprint density at radius 3 is 2.62 bits per heavy atom. The maximum Gasteiger partial charge on any atom is 0.114 e. The van der Waals surface area contributed by atoms with E-state index in [1.165, 1.54) is 54.7 Å².